The lowest BCUT2D eigenvalue weighted by atomic mass is 10.1. The lowest BCUT2D eigenvalue weighted by Crippen LogP contribution is -2.22. The molecular formula is C21H22BrN3O2. The third-order valence-electron chi connectivity index (χ3n) is 4.45. The topological polar surface area (TPSA) is 56.1 Å². The summed E-state index contributed by atoms with van der Waals surface area (Å²) in [6, 6.07) is 15.3. The number of amides is 1. The Hall–Kier alpha value is -2.60. The molecule has 0 unspecified atom stereocenters. The van der Waals surface area contributed by atoms with Crippen molar-refractivity contribution < 1.29 is 9.53 Å². The van der Waals surface area contributed by atoms with Crippen LogP contribution in [0.3, 0.4) is 0 Å². The molecule has 0 aliphatic carbocycles. The number of aromatic nitrogens is 2. The zero-order valence-electron chi connectivity index (χ0n) is 15.6. The van der Waals surface area contributed by atoms with Crippen LogP contribution in [0.4, 0.5) is 0 Å². The molecule has 0 atom stereocenters. The maximum Gasteiger partial charge on any atom is 0.251 e. The average Bonchev–Trinajstić information content (AvgIpc) is 2.93. The van der Waals surface area contributed by atoms with Gasteiger partial charge in [0.05, 0.1) is 29.5 Å². The number of carbonyl (C=O) groups excluding carboxylic acids is 1. The van der Waals surface area contributed by atoms with Crippen molar-refractivity contribution >= 4 is 21.8 Å². The van der Waals surface area contributed by atoms with Gasteiger partial charge in [-0.05, 0) is 65.2 Å². The van der Waals surface area contributed by atoms with Crippen LogP contribution in [0.1, 0.15) is 32.9 Å². The zero-order chi connectivity index (χ0) is 19.4. The lowest BCUT2D eigenvalue weighted by molar-refractivity contribution is 0.0951. The first-order valence-electron chi connectivity index (χ1n) is 8.67. The number of carbonyl (C=O) groups is 1. The molecule has 1 N–H and O–H groups in total. The number of rotatable bonds is 6. The monoisotopic (exact) mass is 427 g/mol. The van der Waals surface area contributed by atoms with Crippen LogP contribution in [0.25, 0.3) is 0 Å². The molecule has 0 saturated heterocycles. The van der Waals surface area contributed by atoms with Gasteiger partial charge in [0, 0.05) is 12.1 Å². The maximum atomic E-state index is 12.4. The van der Waals surface area contributed by atoms with Crippen LogP contribution in [0.5, 0.6) is 5.75 Å². The number of hydrogen-bond donors (Lipinski definition) is 1. The second-order valence-corrected chi connectivity index (χ2v) is 7.16. The van der Waals surface area contributed by atoms with Crippen LogP contribution in [0.2, 0.25) is 0 Å². The smallest absolute Gasteiger partial charge is 0.251 e. The van der Waals surface area contributed by atoms with Crippen molar-refractivity contribution in [1.82, 2.24) is 15.1 Å². The predicted octanol–water partition coefficient (Wildman–Crippen LogP) is 4.25. The summed E-state index contributed by atoms with van der Waals surface area (Å²) in [6.45, 7) is 5.16. The molecule has 6 heteroatoms. The normalized spacial score (nSPS) is 10.7. The van der Waals surface area contributed by atoms with E-state index in [-0.39, 0.29) is 5.91 Å². The van der Waals surface area contributed by atoms with Crippen LogP contribution in [0.15, 0.2) is 53.0 Å². The summed E-state index contributed by atoms with van der Waals surface area (Å²) in [5, 5.41) is 7.46. The molecule has 0 spiro atoms. The van der Waals surface area contributed by atoms with Crippen LogP contribution >= 0.6 is 15.9 Å². The van der Waals surface area contributed by atoms with E-state index in [4.69, 9.17) is 4.74 Å². The SMILES string of the molecule is COc1ccc(CNC(=O)c2ccc(Cn3nc(C)c(Br)c3C)cc2)cc1. The molecule has 0 saturated carbocycles. The zero-order valence-corrected chi connectivity index (χ0v) is 17.2. The molecule has 1 aromatic heterocycles. The van der Waals surface area contributed by atoms with Gasteiger partial charge in [0.1, 0.15) is 5.75 Å². The molecule has 5 nitrogen and oxygen atoms in total. The maximum absolute atomic E-state index is 12.4. The largest absolute Gasteiger partial charge is 0.497 e. The van der Waals surface area contributed by atoms with Gasteiger partial charge in [-0.25, -0.2) is 0 Å². The second-order valence-electron chi connectivity index (χ2n) is 6.37. The number of ether oxygens (including phenoxy) is 1. The first-order chi connectivity index (χ1) is 13.0. The van der Waals surface area contributed by atoms with Crippen molar-refractivity contribution in [2.45, 2.75) is 26.9 Å². The van der Waals surface area contributed by atoms with Crippen molar-refractivity contribution in [2.75, 3.05) is 7.11 Å². The van der Waals surface area contributed by atoms with Gasteiger partial charge in [0.15, 0.2) is 0 Å². The molecule has 0 fully saturated rings. The Morgan fingerprint density at radius 2 is 1.70 bits per heavy atom. The van der Waals surface area contributed by atoms with Crippen LogP contribution < -0.4 is 10.1 Å². The Bertz CT molecular complexity index is 931. The quantitative estimate of drug-likeness (QED) is 0.639. The van der Waals surface area contributed by atoms with Gasteiger partial charge < -0.3 is 10.1 Å². The standard InChI is InChI=1S/C21H22BrN3O2/c1-14-20(22)15(2)25(24-14)13-17-4-8-18(9-5-17)21(26)23-12-16-6-10-19(27-3)11-7-16/h4-11H,12-13H2,1-3H3,(H,23,26). The van der Waals surface area contributed by atoms with Crippen molar-refractivity contribution in [3.63, 3.8) is 0 Å². The van der Waals surface area contributed by atoms with E-state index < -0.39 is 0 Å². The molecule has 27 heavy (non-hydrogen) atoms. The fourth-order valence-electron chi connectivity index (χ4n) is 2.79. The molecule has 1 amide bonds. The third kappa shape index (κ3) is 4.57. The Kier molecular flexibility index (Phi) is 5.96. The third-order valence-corrected chi connectivity index (χ3v) is 5.60. The minimum atomic E-state index is -0.0915. The van der Waals surface area contributed by atoms with Gasteiger partial charge in [-0.1, -0.05) is 24.3 Å². The van der Waals surface area contributed by atoms with Crippen molar-refractivity contribution in [3.05, 3.63) is 81.1 Å². The van der Waals surface area contributed by atoms with E-state index in [1.54, 1.807) is 7.11 Å². The van der Waals surface area contributed by atoms with E-state index in [0.29, 0.717) is 18.7 Å². The van der Waals surface area contributed by atoms with Crippen molar-refractivity contribution in [3.8, 4) is 5.75 Å². The van der Waals surface area contributed by atoms with Gasteiger partial charge in [0.2, 0.25) is 0 Å². The highest BCUT2D eigenvalue weighted by Crippen LogP contribution is 2.20. The van der Waals surface area contributed by atoms with Gasteiger partial charge in [-0.3, -0.25) is 9.48 Å². The molecule has 1 heterocycles. The van der Waals surface area contributed by atoms with Crippen LogP contribution in [0, 0.1) is 13.8 Å². The molecule has 0 bridgehead atoms. The Morgan fingerprint density at radius 3 is 2.26 bits per heavy atom. The van der Waals surface area contributed by atoms with Crippen molar-refractivity contribution in [1.29, 1.82) is 0 Å². The van der Waals surface area contributed by atoms with Crippen LogP contribution in [-0.2, 0) is 13.1 Å². The van der Waals surface area contributed by atoms with Gasteiger partial charge in [0.25, 0.3) is 5.91 Å². The number of methoxy groups -OCH3 is 1. The molecule has 3 aromatic rings. The minimum absolute atomic E-state index is 0.0915. The molecule has 140 valence electrons. The first-order valence-corrected chi connectivity index (χ1v) is 9.47. The number of hydrogen-bond acceptors (Lipinski definition) is 3. The summed E-state index contributed by atoms with van der Waals surface area (Å²) >= 11 is 3.55. The first kappa shape index (κ1) is 19.2. The summed E-state index contributed by atoms with van der Waals surface area (Å²) in [7, 11) is 1.63. The van der Waals surface area contributed by atoms with Crippen molar-refractivity contribution in [2.24, 2.45) is 0 Å². The highest BCUT2D eigenvalue weighted by atomic mass is 79.9. The summed E-state index contributed by atoms with van der Waals surface area (Å²) < 4.78 is 8.13. The summed E-state index contributed by atoms with van der Waals surface area (Å²) in [6.07, 6.45) is 0. The summed E-state index contributed by atoms with van der Waals surface area (Å²) in [5.74, 6) is 0.710. The van der Waals surface area contributed by atoms with Gasteiger partial charge in [-0.15, -0.1) is 0 Å². The predicted molar refractivity (Wildman–Crippen MR) is 109 cm³/mol. The van der Waals surface area contributed by atoms with E-state index in [2.05, 4.69) is 26.3 Å². The molecule has 0 aliphatic rings. The van der Waals surface area contributed by atoms with Crippen LogP contribution in [-0.4, -0.2) is 22.8 Å². The number of nitrogens with one attached hydrogen (secondary N) is 1. The fourth-order valence-corrected chi connectivity index (χ4v) is 3.08. The molecule has 0 radical (unpaired) electrons. The summed E-state index contributed by atoms with van der Waals surface area (Å²) in [5.41, 5.74) is 4.83. The van der Waals surface area contributed by atoms with E-state index in [9.17, 15) is 4.79 Å². The lowest BCUT2D eigenvalue weighted by Gasteiger charge is -2.08. The average molecular weight is 428 g/mol. The van der Waals surface area contributed by atoms with E-state index in [1.807, 2.05) is 67.1 Å². The molecule has 3 rings (SSSR count). The molecular weight excluding hydrogens is 406 g/mol. The molecule has 2 aromatic carbocycles. The van der Waals surface area contributed by atoms with Gasteiger partial charge >= 0.3 is 0 Å². The summed E-state index contributed by atoms with van der Waals surface area (Å²) in [4.78, 5) is 12.4. The Morgan fingerprint density at radius 1 is 1.07 bits per heavy atom. The van der Waals surface area contributed by atoms with E-state index in [1.165, 1.54) is 0 Å². The Labute approximate surface area is 167 Å². The number of halogens is 1. The highest BCUT2D eigenvalue weighted by molar-refractivity contribution is 9.10. The number of benzene rings is 2. The Balaban J connectivity index is 1.60. The van der Waals surface area contributed by atoms with E-state index >= 15 is 0 Å². The highest BCUT2D eigenvalue weighted by Gasteiger charge is 2.10. The van der Waals surface area contributed by atoms with E-state index in [0.717, 1.165) is 32.7 Å². The van der Waals surface area contributed by atoms with Gasteiger partial charge in [-0.2, -0.15) is 5.10 Å². The minimum Gasteiger partial charge on any atom is -0.497 e. The number of aryl methyl sites for hydroxylation is 1. The fraction of sp³-hybridized carbons (Fsp3) is 0.238. The second kappa shape index (κ2) is 8.39. The molecule has 0 aliphatic heterocycles. The number of nitrogens with zero attached hydrogens (tertiary/aromatic N) is 2.